The van der Waals surface area contributed by atoms with Crippen molar-refractivity contribution in [3.63, 3.8) is 0 Å². The Labute approximate surface area is 140 Å². The van der Waals surface area contributed by atoms with Crippen LogP contribution in [-0.4, -0.2) is 5.71 Å². The first-order valence-electron chi connectivity index (χ1n) is 7.03. The summed E-state index contributed by atoms with van der Waals surface area (Å²) in [5.41, 5.74) is 5.99. The molecule has 0 saturated heterocycles. The first-order chi connectivity index (χ1) is 10.2. The molecule has 0 fully saturated rings. The number of hydrogen-bond acceptors (Lipinski definition) is 2. The summed E-state index contributed by atoms with van der Waals surface area (Å²) in [6.45, 7) is 0. The third kappa shape index (κ3) is 2.25. The van der Waals surface area contributed by atoms with E-state index in [1.807, 2.05) is 6.26 Å². The van der Waals surface area contributed by atoms with Gasteiger partial charge in [0.25, 0.3) is 0 Å². The zero-order valence-electron chi connectivity index (χ0n) is 11.3. The predicted molar refractivity (Wildman–Crippen MR) is 91.4 cm³/mol. The van der Waals surface area contributed by atoms with E-state index in [2.05, 4.69) is 56.1 Å². The van der Waals surface area contributed by atoms with E-state index in [0.717, 1.165) is 27.5 Å². The van der Waals surface area contributed by atoms with Gasteiger partial charge in [0.15, 0.2) is 0 Å². The van der Waals surface area contributed by atoms with Crippen molar-refractivity contribution in [2.75, 3.05) is 0 Å². The van der Waals surface area contributed by atoms with Crippen LogP contribution in [0.4, 0.5) is 5.69 Å². The molecule has 0 unspecified atom stereocenters. The lowest BCUT2D eigenvalue weighted by Crippen LogP contribution is -2.19. The lowest BCUT2D eigenvalue weighted by molar-refractivity contribution is 0.564. The summed E-state index contributed by atoms with van der Waals surface area (Å²) in [6.07, 6.45) is 9.33. The molecule has 1 aliphatic carbocycles. The predicted octanol–water partition coefficient (Wildman–Crippen LogP) is 6.13. The van der Waals surface area contributed by atoms with E-state index in [9.17, 15) is 0 Å². The summed E-state index contributed by atoms with van der Waals surface area (Å²) in [7, 11) is 0. The van der Waals surface area contributed by atoms with Crippen LogP contribution in [0.3, 0.4) is 0 Å². The number of nitrogens with zero attached hydrogens (tertiary/aromatic N) is 1. The number of furan rings is 1. The molecule has 0 radical (unpaired) electrons. The molecule has 0 saturated carbocycles. The van der Waals surface area contributed by atoms with Crippen molar-refractivity contribution in [3.8, 4) is 0 Å². The summed E-state index contributed by atoms with van der Waals surface area (Å²) in [5.74, 6) is 0.232. The van der Waals surface area contributed by atoms with Gasteiger partial charge in [-0.25, -0.2) is 4.99 Å². The Balaban J connectivity index is 1.91. The van der Waals surface area contributed by atoms with Crippen LogP contribution in [0.15, 0.2) is 60.7 Å². The highest BCUT2D eigenvalue weighted by Gasteiger charge is 2.31. The van der Waals surface area contributed by atoms with Gasteiger partial charge < -0.3 is 4.42 Å². The molecule has 106 valence electrons. The van der Waals surface area contributed by atoms with Gasteiger partial charge in [0, 0.05) is 26.1 Å². The monoisotopic (exact) mass is 405 g/mol. The third-order valence-electron chi connectivity index (χ3n) is 4.14. The van der Waals surface area contributed by atoms with Crippen molar-refractivity contribution in [2.24, 2.45) is 4.99 Å². The number of halogens is 2. The van der Waals surface area contributed by atoms with Gasteiger partial charge >= 0.3 is 0 Å². The topological polar surface area (TPSA) is 25.5 Å². The molecule has 0 amide bonds. The van der Waals surface area contributed by atoms with Crippen LogP contribution in [0.5, 0.6) is 0 Å². The molecular formula is C17H13Br2NO. The van der Waals surface area contributed by atoms with Crippen LogP contribution >= 0.6 is 31.9 Å². The van der Waals surface area contributed by atoms with Crippen LogP contribution < -0.4 is 0 Å². The van der Waals surface area contributed by atoms with Crippen LogP contribution in [0.1, 0.15) is 36.3 Å². The Bertz CT molecular complexity index is 773. The zero-order valence-corrected chi connectivity index (χ0v) is 14.4. The maximum absolute atomic E-state index is 5.42. The standard InChI is InChI=1S/C17H13Br2NO/c18-13-6-5-10(7-14(13)19)17-11-3-1-2-4-15(11)20-16-9-21-8-12(16)17/h3,5-9,17H,1-2,4H2/t17-/m1/s1. The average molecular weight is 407 g/mol. The van der Waals surface area contributed by atoms with Crippen LogP contribution in [-0.2, 0) is 0 Å². The Kier molecular flexibility index (Phi) is 3.38. The highest BCUT2D eigenvalue weighted by Crippen LogP contribution is 2.45. The Morgan fingerprint density at radius 3 is 2.90 bits per heavy atom. The highest BCUT2D eigenvalue weighted by atomic mass is 79.9. The van der Waals surface area contributed by atoms with Crippen LogP contribution in [0.25, 0.3) is 0 Å². The first-order valence-corrected chi connectivity index (χ1v) is 8.61. The molecule has 21 heavy (non-hydrogen) atoms. The minimum Gasteiger partial charge on any atom is -0.470 e. The van der Waals surface area contributed by atoms with Crippen molar-refractivity contribution < 1.29 is 4.42 Å². The molecule has 0 bridgehead atoms. The fourth-order valence-electron chi connectivity index (χ4n) is 3.17. The lowest BCUT2D eigenvalue weighted by atomic mass is 9.78. The number of fused-ring (bicyclic) bond motifs is 2. The van der Waals surface area contributed by atoms with Gasteiger partial charge in [0.1, 0.15) is 12.0 Å². The molecular weight excluding hydrogens is 394 g/mol. The summed E-state index contributed by atoms with van der Waals surface area (Å²) in [5, 5.41) is 0. The van der Waals surface area contributed by atoms with Gasteiger partial charge in [-0.1, -0.05) is 12.1 Å². The van der Waals surface area contributed by atoms with Gasteiger partial charge in [-0.05, 0) is 74.4 Å². The van der Waals surface area contributed by atoms with E-state index in [1.165, 1.54) is 28.8 Å². The molecule has 1 aliphatic heterocycles. The Hall–Kier alpha value is -1.13. The van der Waals surface area contributed by atoms with E-state index < -0.39 is 0 Å². The molecule has 4 heteroatoms. The van der Waals surface area contributed by atoms with Crippen molar-refractivity contribution in [2.45, 2.75) is 25.2 Å². The second-order valence-corrected chi connectivity index (χ2v) is 7.14. The van der Waals surface area contributed by atoms with E-state index in [1.54, 1.807) is 6.26 Å². The fraction of sp³-hybridized carbons (Fsp3) is 0.235. The summed E-state index contributed by atoms with van der Waals surface area (Å²) in [4.78, 5) is 4.78. The summed E-state index contributed by atoms with van der Waals surface area (Å²) in [6, 6.07) is 6.45. The normalized spacial score (nSPS) is 20.4. The van der Waals surface area contributed by atoms with Crippen LogP contribution in [0, 0.1) is 0 Å². The average Bonchev–Trinajstić information content (AvgIpc) is 2.95. The lowest BCUT2D eigenvalue weighted by Gasteiger charge is -2.28. The smallest absolute Gasteiger partial charge is 0.116 e. The second kappa shape index (κ2) is 5.25. The Morgan fingerprint density at radius 1 is 1.14 bits per heavy atom. The van der Waals surface area contributed by atoms with Crippen molar-refractivity contribution in [3.05, 3.63) is 62.4 Å². The second-order valence-electron chi connectivity index (χ2n) is 5.43. The number of rotatable bonds is 1. The molecule has 2 heterocycles. The molecule has 1 atom stereocenters. The van der Waals surface area contributed by atoms with Gasteiger partial charge in [-0.3, -0.25) is 0 Å². The minimum atomic E-state index is 0.232. The molecule has 1 aromatic carbocycles. The fourth-order valence-corrected chi connectivity index (χ4v) is 3.81. The third-order valence-corrected chi connectivity index (χ3v) is 6.02. The van der Waals surface area contributed by atoms with E-state index >= 15 is 0 Å². The van der Waals surface area contributed by atoms with E-state index in [4.69, 9.17) is 9.41 Å². The zero-order chi connectivity index (χ0) is 14.4. The molecule has 4 rings (SSSR count). The van der Waals surface area contributed by atoms with Crippen molar-refractivity contribution in [1.29, 1.82) is 0 Å². The van der Waals surface area contributed by atoms with Crippen molar-refractivity contribution in [1.82, 2.24) is 0 Å². The number of allylic oxidation sites excluding steroid dienone is 2. The summed E-state index contributed by atoms with van der Waals surface area (Å²) < 4.78 is 7.57. The van der Waals surface area contributed by atoms with Crippen molar-refractivity contribution >= 4 is 43.3 Å². The largest absolute Gasteiger partial charge is 0.470 e. The first kappa shape index (κ1) is 13.5. The highest BCUT2D eigenvalue weighted by molar-refractivity contribution is 9.13. The van der Waals surface area contributed by atoms with Gasteiger partial charge in [0.2, 0.25) is 0 Å². The molecule has 2 aliphatic rings. The quantitative estimate of drug-likeness (QED) is 0.558. The van der Waals surface area contributed by atoms with Gasteiger partial charge in [0.05, 0.1) is 6.26 Å². The number of benzene rings is 1. The minimum absolute atomic E-state index is 0.232. The van der Waals surface area contributed by atoms with Gasteiger partial charge in [-0.15, -0.1) is 0 Å². The number of aliphatic imine (C=N–C) groups is 1. The molecule has 0 spiro atoms. The van der Waals surface area contributed by atoms with E-state index in [0.29, 0.717) is 0 Å². The molecule has 2 nitrogen and oxygen atoms in total. The van der Waals surface area contributed by atoms with Gasteiger partial charge in [-0.2, -0.15) is 0 Å². The van der Waals surface area contributed by atoms with E-state index in [-0.39, 0.29) is 5.92 Å². The molecule has 1 aromatic heterocycles. The SMILES string of the molecule is Brc1ccc([C@@H]2C3=CCCCC3=Nc3cocc32)cc1Br. The molecule has 0 N–H and O–H groups in total. The number of hydrogen-bond donors (Lipinski definition) is 0. The Morgan fingerprint density at radius 2 is 2.05 bits per heavy atom. The maximum Gasteiger partial charge on any atom is 0.116 e. The van der Waals surface area contributed by atoms with Crippen LogP contribution in [0.2, 0.25) is 0 Å². The summed E-state index contributed by atoms with van der Waals surface area (Å²) >= 11 is 7.15. The maximum atomic E-state index is 5.42. The molecule has 2 aromatic rings.